The highest BCUT2D eigenvalue weighted by Crippen LogP contribution is 2.20. The number of aryl methyl sites for hydroxylation is 2. The molecular formula is C19H22ClNO3. The molecule has 2 aromatic carbocycles. The fourth-order valence-electron chi connectivity index (χ4n) is 2.26. The van der Waals surface area contributed by atoms with Gasteiger partial charge in [0.15, 0.2) is 6.61 Å². The maximum absolute atomic E-state index is 11.8. The summed E-state index contributed by atoms with van der Waals surface area (Å²) in [5.41, 5.74) is 2.12. The molecule has 0 aromatic heterocycles. The van der Waals surface area contributed by atoms with E-state index in [0.29, 0.717) is 17.3 Å². The number of carbonyl (C=O) groups excluding carboxylic acids is 1. The maximum Gasteiger partial charge on any atom is 0.257 e. The molecule has 0 aliphatic heterocycles. The minimum Gasteiger partial charge on any atom is -0.497 e. The van der Waals surface area contributed by atoms with Crippen LogP contribution in [0.2, 0.25) is 5.02 Å². The molecule has 0 spiro atoms. The molecule has 2 rings (SSSR count). The van der Waals surface area contributed by atoms with Gasteiger partial charge < -0.3 is 14.8 Å². The van der Waals surface area contributed by atoms with Gasteiger partial charge in [-0.3, -0.25) is 4.79 Å². The lowest BCUT2D eigenvalue weighted by Crippen LogP contribution is -2.29. The van der Waals surface area contributed by atoms with E-state index in [1.165, 1.54) is 5.56 Å². The highest BCUT2D eigenvalue weighted by molar-refractivity contribution is 6.31. The summed E-state index contributed by atoms with van der Waals surface area (Å²) in [5, 5.41) is 3.54. The molecule has 5 heteroatoms. The molecule has 0 aliphatic carbocycles. The molecule has 0 saturated heterocycles. The van der Waals surface area contributed by atoms with Crippen LogP contribution in [0, 0.1) is 6.92 Å². The van der Waals surface area contributed by atoms with Gasteiger partial charge in [0.05, 0.1) is 7.11 Å². The van der Waals surface area contributed by atoms with Crippen molar-refractivity contribution in [3.05, 3.63) is 58.6 Å². The Hall–Kier alpha value is -2.20. The van der Waals surface area contributed by atoms with Crippen molar-refractivity contribution >= 4 is 17.5 Å². The molecule has 0 radical (unpaired) electrons. The minimum atomic E-state index is -0.131. The average Bonchev–Trinajstić information content (AvgIpc) is 2.60. The summed E-state index contributed by atoms with van der Waals surface area (Å²) in [6, 6.07) is 13.3. The number of benzene rings is 2. The van der Waals surface area contributed by atoms with Gasteiger partial charge in [-0.05, 0) is 61.2 Å². The van der Waals surface area contributed by atoms with E-state index in [1.54, 1.807) is 19.2 Å². The number of carbonyl (C=O) groups is 1. The lowest BCUT2D eigenvalue weighted by atomic mass is 10.1. The summed E-state index contributed by atoms with van der Waals surface area (Å²) in [7, 11) is 1.65. The number of halogens is 1. The lowest BCUT2D eigenvalue weighted by Gasteiger charge is -2.09. The van der Waals surface area contributed by atoms with Gasteiger partial charge in [0.25, 0.3) is 5.91 Å². The van der Waals surface area contributed by atoms with Crippen LogP contribution < -0.4 is 14.8 Å². The topological polar surface area (TPSA) is 47.6 Å². The monoisotopic (exact) mass is 347 g/mol. The first kappa shape index (κ1) is 18.1. The van der Waals surface area contributed by atoms with Crippen LogP contribution in [0.15, 0.2) is 42.5 Å². The van der Waals surface area contributed by atoms with Gasteiger partial charge in [0.1, 0.15) is 11.5 Å². The molecule has 1 N–H and O–H groups in total. The molecule has 0 heterocycles. The highest BCUT2D eigenvalue weighted by atomic mass is 35.5. The number of methoxy groups -OCH3 is 1. The molecule has 24 heavy (non-hydrogen) atoms. The number of hydrogen-bond donors (Lipinski definition) is 1. The second kappa shape index (κ2) is 9.18. The molecule has 1 amide bonds. The van der Waals surface area contributed by atoms with Crippen molar-refractivity contribution < 1.29 is 14.3 Å². The number of ether oxygens (including phenoxy) is 2. The molecule has 0 aliphatic rings. The van der Waals surface area contributed by atoms with E-state index in [0.717, 1.165) is 24.2 Å². The highest BCUT2D eigenvalue weighted by Gasteiger charge is 2.04. The third-order valence-corrected chi connectivity index (χ3v) is 4.02. The summed E-state index contributed by atoms with van der Waals surface area (Å²) in [6.45, 7) is 2.51. The van der Waals surface area contributed by atoms with Crippen LogP contribution in [0.4, 0.5) is 0 Å². The molecule has 0 saturated carbocycles. The summed E-state index contributed by atoms with van der Waals surface area (Å²) in [4.78, 5) is 11.8. The Morgan fingerprint density at radius 3 is 2.75 bits per heavy atom. The van der Waals surface area contributed by atoms with Crippen LogP contribution in [0.5, 0.6) is 11.5 Å². The van der Waals surface area contributed by atoms with Crippen molar-refractivity contribution in [1.82, 2.24) is 5.32 Å². The number of amides is 1. The van der Waals surface area contributed by atoms with Gasteiger partial charge in [0.2, 0.25) is 0 Å². The van der Waals surface area contributed by atoms with Crippen LogP contribution >= 0.6 is 11.6 Å². The van der Waals surface area contributed by atoms with Gasteiger partial charge in [-0.2, -0.15) is 0 Å². The van der Waals surface area contributed by atoms with Gasteiger partial charge in [-0.15, -0.1) is 0 Å². The first-order chi connectivity index (χ1) is 11.6. The Kier molecular flexibility index (Phi) is 6.94. The third-order valence-electron chi connectivity index (χ3n) is 3.60. The van der Waals surface area contributed by atoms with Crippen molar-refractivity contribution in [3.8, 4) is 11.5 Å². The van der Waals surface area contributed by atoms with Crippen LogP contribution in [0.1, 0.15) is 17.5 Å². The van der Waals surface area contributed by atoms with Crippen LogP contribution in [-0.4, -0.2) is 26.2 Å². The van der Waals surface area contributed by atoms with Gasteiger partial charge in [0, 0.05) is 11.6 Å². The van der Waals surface area contributed by atoms with Crippen molar-refractivity contribution in [3.63, 3.8) is 0 Å². The molecule has 4 nitrogen and oxygen atoms in total. The Morgan fingerprint density at radius 1 is 1.17 bits per heavy atom. The number of rotatable bonds is 8. The largest absolute Gasteiger partial charge is 0.497 e. The molecule has 128 valence electrons. The zero-order valence-corrected chi connectivity index (χ0v) is 14.7. The van der Waals surface area contributed by atoms with E-state index in [9.17, 15) is 4.79 Å². The Labute approximate surface area is 147 Å². The Balaban J connectivity index is 1.66. The first-order valence-electron chi connectivity index (χ1n) is 7.87. The SMILES string of the molecule is COc1cccc(CCCNC(=O)COc2ccc(Cl)c(C)c2)c1. The smallest absolute Gasteiger partial charge is 0.257 e. The summed E-state index contributed by atoms with van der Waals surface area (Å²) < 4.78 is 10.7. The van der Waals surface area contributed by atoms with E-state index in [-0.39, 0.29) is 12.5 Å². The van der Waals surface area contributed by atoms with Crippen LogP contribution in [0.3, 0.4) is 0 Å². The molecule has 0 bridgehead atoms. The van der Waals surface area contributed by atoms with Crippen LogP contribution in [-0.2, 0) is 11.2 Å². The van der Waals surface area contributed by atoms with E-state index in [1.807, 2.05) is 31.2 Å². The summed E-state index contributed by atoms with van der Waals surface area (Å²) in [6.07, 6.45) is 1.74. The molecule has 0 unspecified atom stereocenters. The van der Waals surface area contributed by atoms with Crippen LogP contribution in [0.25, 0.3) is 0 Å². The summed E-state index contributed by atoms with van der Waals surface area (Å²) in [5.74, 6) is 1.36. The average molecular weight is 348 g/mol. The fraction of sp³-hybridized carbons (Fsp3) is 0.316. The predicted molar refractivity (Wildman–Crippen MR) is 96.0 cm³/mol. The number of nitrogens with one attached hydrogen (secondary N) is 1. The standard InChI is InChI=1S/C19H22ClNO3/c1-14-11-17(8-9-18(14)20)24-13-19(22)21-10-4-6-15-5-3-7-16(12-15)23-2/h3,5,7-9,11-12H,4,6,10,13H2,1-2H3,(H,21,22). The Morgan fingerprint density at radius 2 is 2.00 bits per heavy atom. The van der Waals surface area contributed by atoms with E-state index in [2.05, 4.69) is 11.4 Å². The number of hydrogen-bond acceptors (Lipinski definition) is 3. The second-order valence-corrected chi connectivity index (χ2v) is 5.91. The van der Waals surface area contributed by atoms with E-state index < -0.39 is 0 Å². The van der Waals surface area contributed by atoms with E-state index in [4.69, 9.17) is 21.1 Å². The van der Waals surface area contributed by atoms with E-state index >= 15 is 0 Å². The van der Waals surface area contributed by atoms with Crippen molar-refractivity contribution in [1.29, 1.82) is 0 Å². The normalized spacial score (nSPS) is 10.3. The molecular weight excluding hydrogens is 326 g/mol. The minimum absolute atomic E-state index is 0.000230. The van der Waals surface area contributed by atoms with Crippen molar-refractivity contribution in [2.75, 3.05) is 20.3 Å². The third kappa shape index (κ3) is 5.78. The predicted octanol–water partition coefficient (Wildman–Crippen LogP) is 3.78. The molecule has 2 aromatic rings. The summed E-state index contributed by atoms with van der Waals surface area (Å²) >= 11 is 5.95. The Bertz CT molecular complexity index is 688. The van der Waals surface area contributed by atoms with Crippen molar-refractivity contribution in [2.24, 2.45) is 0 Å². The zero-order valence-electron chi connectivity index (χ0n) is 14.0. The quantitative estimate of drug-likeness (QED) is 0.739. The lowest BCUT2D eigenvalue weighted by molar-refractivity contribution is -0.123. The molecule has 0 fully saturated rings. The second-order valence-electron chi connectivity index (χ2n) is 5.50. The van der Waals surface area contributed by atoms with Gasteiger partial charge >= 0.3 is 0 Å². The fourth-order valence-corrected chi connectivity index (χ4v) is 2.37. The maximum atomic E-state index is 11.8. The van der Waals surface area contributed by atoms with Gasteiger partial charge in [-0.25, -0.2) is 0 Å². The molecule has 0 atom stereocenters. The van der Waals surface area contributed by atoms with Crippen molar-refractivity contribution in [2.45, 2.75) is 19.8 Å². The van der Waals surface area contributed by atoms with Gasteiger partial charge in [-0.1, -0.05) is 23.7 Å². The first-order valence-corrected chi connectivity index (χ1v) is 8.25. The zero-order chi connectivity index (χ0) is 17.4.